The van der Waals surface area contributed by atoms with Gasteiger partial charge < -0.3 is 10.1 Å². The molecule has 0 aliphatic heterocycles. The first-order chi connectivity index (χ1) is 8.56. The van der Waals surface area contributed by atoms with Crippen LogP contribution in [0.25, 0.3) is 0 Å². The van der Waals surface area contributed by atoms with Crippen molar-refractivity contribution in [1.29, 1.82) is 0 Å². The van der Waals surface area contributed by atoms with Crippen LogP contribution in [0.1, 0.15) is 17.4 Å². The molecule has 96 valence electrons. The number of pyridine rings is 1. The molecular weight excluding hydrogens is 238 g/mol. The van der Waals surface area contributed by atoms with E-state index in [0.29, 0.717) is 12.0 Å². The Kier molecular flexibility index (Phi) is 4.79. The average molecular weight is 251 g/mol. The van der Waals surface area contributed by atoms with Gasteiger partial charge in [0.2, 0.25) is 0 Å². The van der Waals surface area contributed by atoms with Crippen LogP contribution >= 0.6 is 0 Å². The number of hydrogen-bond donors (Lipinski definition) is 2. The van der Waals surface area contributed by atoms with Crippen molar-refractivity contribution in [2.75, 3.05) is 7.05 Å². The molecule has 1 heterocycles. The minimum Gasteiger partial charge on any atom is -0.479 e. The molecule has 2 N–H and O–H groups in total. The highest BCUT2D eigenvalue weighted by atomic mass is 16.5. The van der Waals surface area contributed by atoms with Gasteiger partial charge in [0.05, 0.1) is 6.20 Å². The van der Waals surface area contributed by atoms with E-state index < -0.39 is 18.0 Å². The van der Waals surface area contributed by atoms with Crippen molar-refractivity contribution < 1.29 is 19.1 Å². The number of nitrogens with one attached hydrogen (secondary N) is 2. The van der Waals surface area contributed by atoms with Gasteiger partial charge >= 0.3 is 6.03 Å². The molecule has 1 atom stereocenters. The topological polar surface area (TPSA) is 97.4 Å². The zero-order valence-corrected chi connectivity index (χ0v) is 9.97. The first-order valence-corrected chi connectivity index (χ1v) is 5.17. The number of carbonyl (C=O) groups excluding carboxylic acids is 3. The summed E-state index contributed by atoms with van der Waals surface area (Å²) in [6.45, 7) is 1.49. The molecule has 0 aromatic carbocycles. The Morgan fingerprint density at radius 3 is 2.67 bits per heavy atom. The van der Waals surface area contributed by atoms with Crippen LogP contribution in [0.3, 0.4) is 0 Å². The summed E-state index contributed by atoms with van der Waals surface area (Å²) in [5, 5.41) is 4.33. The lowest BCUT2D eigenvalue weighted by atomic mass is 10.3. The van der Waals surface area contributed by atoms with Crippen molar-refractivity contribution in [1.82, 2.24) is 15.6 Å². The number of imide groups is 1. The monoisotopic (exact) mass is 251 g/mol. The molecule has 1 rings (SSSR count). The summed E-state index contributed by atoms with van der Waals surface area (Å²) in [5.74, 6) is -0.242. The Hall–Kier alpha value is -2.44. The molecule has 0 radical (unpaired) electrons. The predicted molar refractivity (Wildman–Crippen MR) is 62.3 cm³/mol. The Labute approximate surface area is 104 Å². The van der Waals surface area contributed by atoms with E-state index in [1.165, 1.54) is 32.3 Å². The van der Waals surface area contributed by atoms with Crippen LogP contribution in [0, 0.1) is 0 Å². The van der Waals surface area contributed by atoms with Crippen LogP contribution in [0.5, 0.6) is 5.75 Å². The fourth-order valence-corrected chi connectivity index (χ4v) is 1.06. The van der Waals surface area contributed by atoms with E-state index in [9.17, 15) is 14.4 Å². The summed E-state index contributed by atoms with van der Waals surface area (Å²) in [7, 11) is 1.40. The number of nitrogens with zero attached hydrogens (tertiary/aromatic N) is 1. The Morgan fingerprint density at radius 1 is 1.44 bits per heavy atom. The van der Waals surface area contributed by atoms with Gasteiger partial charge in [-0.25, -0.2) is 9.78 Å². The van der Waals surface area contributed by atoms with Crippen LogP contribution in [-0.4, -0.2) is 36.4 Å². The quantitative estimate of drug-likeness (QED) is 0.740. The van der Waals surface area contributed by atoms with E-state index in [-0.39, 0.29) is 5.69 Å². The number of rotatable bonds is 4. The summed E-state index contributed by atoms with van der Waals surface area (Å²) < 4.78 is 5.25. The SMILES string of the molecule is CNC(=O)NC(=O)C(C)Oc1ccc(C=O)nc1. The maximum atomic E-state index is 11.5. The maximum absolute atomic E-state index is 11.5. The van der Waals surface area contributed by atoms with Gasteiger partial charge in [-0.3, -0.25) is 14.9 Å². The highest BCUT2D eigenvalue weighted by Crippen LogP contribution is 2.10. The lowest BCUT2D eigenvalue weighted by Gasteiger charge is -2.13. The maximum Gasteiger partial charge on any atom is 0.321 e. The zero-order valence-electron chi connectivity index (χ0n) is 9.97. The van der Waals surface area contributed by atoms with Gasteiger partial charge in [0.1, 0.15) is 11.4 Å². The molecule has 0 saturated carbocycles. The first-order valence-electron chi connectivity index (χ1n) is 5.17. The third-order valence-electron chi connectivity index (χ3n) is 2.03. The van der Waals surface area contributed by atoms with Crippen molar-refractivity contribution in [3.05, 3.63) is 24.0 Å². The predicted octanol–water partition coefficient (Wildman–Crippen LogP) is 0.117. The molecular formula is C11H13N3O4. The van der Waals surface area contributed by atoms with Crippen LogP contribution in [0.4, 0.5) is 4.79 Å². The number of carbonyl (C=O) groups is 3. The number of aldehydes is 1. The second-order valence-corrected chi connectivity index (χ2v) is 3.37. The van der Waals surface area contributed by atoms with E-state index in [1.54, 1.807) is 0 Å². The Balaban J connectivity index is 2.57. The minimum atomic E-state index is -0.855. The highest BCUT2D eigenvalue weighted by molar-refractivity contribution is 5.96. The van der Waals surface area contributed by atoms with Gasteiger partial charge in [0.25, 0.3) is 5.91 Å². The molecule has 1 unspecified atom stereocenters. The highest BCUT2D eigenvalue weighted by Gasteiger charge is 2.16. The lowest BCUT2D eigenvalue weighted by molar-refractivity contribution is -0.126. The van der Waals surface area contributed by atoms with Crippen LogP contribution in [-0.2, 0) is 4.79 Å². The first kappa shape index (κ1) is 13.6. The average Bonchev–Trinajstić information content (AvgIpc) is 2.39. The summed E-state index contributed by atoms with van der Waals surface area (Å²) in [6, 6.07) is 2.37. The molecule has 3 amide bonds. The summed E-state index contributed by atoms with van der Waals surface area (Å²) in [6.07, 6.45) is 1.07. The van der Waals surface area contributed by atoms with Gasteiger partial charge in [-0.2, -0.15) is 0 Å². The molecule has 18 heavy (non-hydrogen) atoms. The van der Waals surface area contributed by atoms with Gasteiger partial charge in [-0.15, -0.1) is 0 Å². The number of urea groups is 1. The molecule has 7 nitrogen and oxygen atoms in total. The van der Waals surface area contributed by atoms with Crippen LogP contribution in [0.15, 0.2) is 18.3 Å². The van der Waals surface area contributed by atoms with E-state index in [2.05, 4.69) is 15.6 Å². The van der Waals surface area contributed by atoms with Gasteiger partial charge in [0, 0.05) is 7.05 Å². The molecule has 0 aliphatic rings. The van der Waals surface area contributed by atoms with Crippen molar-refractivity contribution in [3.63, 3.8) is 0 Å². The fraction of sp³-hybridized carbons (Fsp3) is 0.273. The minimum absolute atomic E-state index is 0.268. The van der Waals surface area contributed by atoms with Gasteiger partial charge in [0.15, 0.2) is 12.4 Å². The van der Waals surface area contributed by atoms with Crippen LogP contribution in [0.2, 0.25) is 0 Å². The fourth-order valence-electron chi connectivity index (χ4n) is 1.06. The molecule has 7 heteroatoms. The van der Waals surface area contributed by atoms with E-state index >= 15 is 0 Å². The number of aromatic nitrogens is 1. The molecule has 0 bridgehead atoms. The third kappa shape index (κ3) is 3.85. The van der Waals surface area contributed by atoms with Crippen molar-refractivity contribution in [2.45, 2.75) is 13.0 Å². The van der Waals surface area contributed by atoms with E-state index in [1.807, 2.05) is 0 Å². The molecule has 0 fully saturated rings. The summed E-state index contributed by atoms with van der Waals surface area (Å²) in [4.78, 5) is 36.6. The zero-order chi connectivity index (χ0) is 13.5. The second-order valence-electron chi connectivity index (χ2n) is 3.37. The summed E-state index contributed by atoms with van der Waals surface area (Å²) in [5.41, 5.74) is 0.268. The smallest absolute Gasteiger partial charge is 0.321 e. The van der Waals surface area contributed by atoms with Crippen LogP contribution < -0.4 is 15.4 Å². The molecule has 1 aromatic heterocycles. The number of hydrogen-bond acceptors (Lipinski definition) is 5. The van der Waals surface area contributed by atoms with Crippen molar-refractivity contribution in [2.24, 2.45) is 0 Å². The van der Waals surface area contributed by atoms with Gasteiger partial charge in [-0.1, -0.05) is 0 Å². The molecule has 0 saturated heterocycles. The Bertz CT molecular complexity index is 444. The molecule has 1 aromatic rings. The normalized spacial score (nSPS) is 11.2. The van der Waals surface area contributed by atoms with Gasteiger partial charge in [-0.05, 0) is 19.1 Å². The number of ether oxygens (including phenoxy) is 1. The third-order valence-corrected chi connectivity index (χ3v) is 2.03. The Morgan fingerprint density at radius 2 is 2.17 bits per heavy atom. The second kappa shape index (κ2) is 6.33. The van der Waals surface area contributed by atoms with E-state index in [4.69, 9.17) is 4.74 Å². The standard InChI is InChI=1S/C11H13N3O4/c1-7(10(16)14-11(17)12-2)18-9-4-3-8(6-15)13-5-9/h3-7H,1-2H3,(H2,12,14,16,17). The molecule has 0 spiro atoms. The van der Waals surface area contributed by atoms with Crippen molar-refractivity contribution >= 4 is 18.2 Å². The summed E-state index contributed by atoms with van der Waals surface area (Å²) >= 11 is 0. The van der Waals surface area contributed by atoms with E-state index in [0.717, 1.165) is 0 Å². The van der Waals surface area contributed by atoms with Crippen molar-refractivity contribution in [3.8, 4) is 5.75 Å². The molecule has 0 aliphatic carbocycles. The lowest BCUT2D eigenvalue weighted by Crippen LogP contribution is -2.43. The largest absolute Gasteiger partial charge is 0.479 e. The number of amides is 3.